The minimum Gasteiger partial charge on any atom is -0.452 e. The molecule has 1 heterocycles. The summed E-state index contributed by atoms with van der Waals surface area (Å²) < 4.78 is 6.99. The summed E-state index contributed by atoms with van der Waals surface area (Å²) in [7, 11) is 0. The lowest BCUT2D eigenvalue weighted by molar-refractivity contribution is -0.134. The molecule has 3 aromatic rings. The fourth-order valence-electron chi connectivity index (χ4n) is 2.86. The molecule has 6 heteroatoms. The third-order valence-corrected chi connectivity index (χ3v) is 4.46. The molecule has 0 N–H and O–H groups in total. The third kappa shape index (κ3) is 4.65. The van der Waals surface area contributed by atoms with Gasteiger partial charge in [0.25, 0.3) is 5.91 Å². The van der Waals surface area contributed by atoms with Gasteiger partial charge in [0.1, 0.15) is 0 Å². The molecule has 0 aliphatic rings. The van der Waals surface area contributed by atoms with Crippen LogP contribution in [-0.4, -0.2) is 39.7 Å². The number of nitrogens with zero attached hydrogens (tertiary/aromatic N) is 3. The number of aryl methyl sites for hydroxylation is 1. The molecule has 0 saturated carbocycles. The zero-order chi connectivity index (χ0) is 19.9. The van der Waals surface area contributed by atoms with E-state index in [1.807, 2.05) is 50.2 Å². The summed E-state index contributed by atoms with van der Waals surface area (Å²) in [6, 6.07) is 18.6. The Bertz CT molecular complexity index is 933. The molecule has 0 bridgehead atoms. The number of likely N-dealkylation sites (N-methyl/N-ethyl adjacent to an activating group) is 1. The first-order valence-electron chi connectivity index (χ1n) is 9.18. The van der Waals surface area contributed by atoms with Crippen LogP contribution in [-0.2, 0) is 16.1 Å². The van der Waals surface area contributed by atoms with Crippen molar-refractivity contribution in [3.63, 3.8) is 0 Å². The van der Waals surface area contributed by atoms with Crippen LogP contribution in [0.4, 0.5) is 0 Å². The van der Waals surface area contributed by atoms with Crippen molar-refractivity contribution in [2.45, 2.75) is 20.4 Å². The molecule has 0 aliphatic carbocycles. The zero-order valence-electron chi connectivity index (χ0n) is 16.0. The maximum atomic E-state index is 12.4. The summed E-state index contributed by atoms with van der Waals surface area (Å²) >= 11 is 0. The number of benzene rings is 2. The number of rotatable bonds is 7. The van der Waals surface area contributed by atoms with Gasteiger partial charge in [-0.1, -0.05) is 30.3 Å². The summed E-state index contributed by atoms with van der Waals surface area (Å²) in [4.78, 5) is 26.3. The largest absolute Gasteiger partial charge is 0.452 e. The Kier molecular flexibility index (Phi) is 6.22. The van der Waals surface area contributed by atoms with Crippen molar-refractivity contribution in [3.8, 4) is 5.69 Å². The molecule has 144 valence electrons. The first-order chi connectivity index (χ1) is 13.6. The topological polar surface area (TPSA) is 64.4 Å². The van der Waals surface area contributed by atoms with Crippen LogP contribution in [0.1, 0.15) is 28.5 Å². The molecule has 0 unspecified atom stereocenters. The molecule has 0 saturated heterocycles. The molecule has 0 spiro atoms. The predicted octanol–water partition coefficient (Wildman–Crippen LogP) is 3.39. The van der Waals surface area contributed by atoms with Gasteiger partial charge in [-0.05, 0) is 49.7 Å². The molecular formula is C22H23N3O3. The molecular weight excluding hydrogens is 354 g/mol. The van der Waals surface area contributed by atoms with Gasteiger partial charge >= 0.3 is 5.97 Å². The molecule has 2 aromatic carbocycles. The molecule has 28 heavy (non-hydrogen) atoms. The zero-order valence-corrected chi connectivity index (χ0v) is 16.0. The predicted molar refractivity (Wildman–Crippen MR) is 106 cm³/mol. The van der Waals surface area contributed by atoms with Gasteiger partial charge in [0.05, 0.1) is 11.3 Å². The van der Waals surface area contributed by atoms with Crippen LogP contribution in [0.3, 0.4) is 0 Å². The van der Waals surface area contributed by atoms with E-state index >= 15 is 0 Å². The first kappa shape index (κ1) is 19.4. The van der Waals surface area contributed by atoms with Crippen molar-refractivity contribution in [3.05, 3.63) is 83.7 Å². The Morgan fingerprint density at radius 3 is 2.36 bits per heavy atom. The van der Waals surface area contributed by atoms with E-state index in [1.54, 1.807) is 40.0 Å². The standard InChI is InChI=1S/C22H23N3O3/c1-3-24(15-18-7-5-4-6-8-18)21(26)16-28-22(27)19-9-11-20(12-10-19)25-17(2)13-14-23-25/h4-14H,3,15-16H2,1-2H3. The van der Waals surface area contributed by atoms with Crippen LogP contribution < -0.4 is 0 Å². The van der Waals surface area contributed by atoms with Gasteiger partial charge in [-0.15, -0.1) is 0 Å². The summed E-state index contributed by atoms with van der Waals surface area (Å²) in [6.07, 6.45) is 1.72. The molecule has 1 aromatic heterocycles. The Morgan fingerprint density at radius 1 is 1.04 bits per heavy atom. The number of ether oxygens (including phenoxy) is 1. The van der Waals surface area contributed by atoms with Crippen LogP contribution in [0.2, 0.25) is 0 Å². The number of hydrogen-bond donors (Lipinski definition) is 0. The van der Waals surface area contributed by atoms with Gasteiger partial charge < -0.3 is 9.64 Å². The second kappa shape index (κ2) is 8.99. The van der Waals surface area contributed by atoms with Crippen molar-refractivity contribution in [2.24, 2.45) is 0 Å². The normalized spacial score (nSPS) is 10.5. The van der Waals surface area contributed by atoms with Gasteiger partial charge in [-0.25, -0.2) is 9.48 Å². The van der Waals surface area contributed by atoms with E-state index in [0.29, 0.717) is 18.7 Å². The van der Waals surface area contributed by atoms with E-state index in [2.05, 4.69) is 5.10 Å². The molecule has 3 rings (SSSR count). The monoisotopic (exact) mass is 377 g/mol. The van der Waals surface area contributed by atoms with Gasteiger partial charge in [0, 0.05) is 25.0 Å². The average Bonchev–Trinajstić information content (AvgIpc) is 3.16. The van der Waals surface area contributed by atoms with Crippen molar-refractivity contribution < 1.29 is 14.3 Å². The average molecular weight is 377 g/mol. The van der Waals surface area contributed by atoms with Crippen molar-refractivity contribution >= 4 is 11.9 Å². The lowest BCUT2D eigenvalue weighted by atomic mass is 10.2. The Hall–Kier alpha value is -3.41. The van der Waals surface area contributed by atoms with E-state index in [0.717, 1.165) is 16.9 Å². The van der Waals surface area contributed by atoms with Crippen LogP contribution >= 0.6 is 0 Å². The van der Waals surface area contributed by atoms with Crippen molar-refractivity contribution in [2.75, 3.05) is 13.2 Å². The van der Waals surface area contributed by atoms with Crippen LogP contribution in [0.5, 0.6) is 0 Å². The first-order valence-corrected chi connectivity index (χ1v) is 9.18. The molecule has 0 radical (unpaired) electrons. The molecule has 0 aliphatic heterocycles. The number of amides is 1. The summed E-state index contributed by atoms with van der Waals surface area (Å²) in [5.41, 5.74) is 3.29. The number of carbonyl (C=O) groups excluding carboxylic acids is 2. The summed E-state index contributed by atoms with van der Waals surface area (Å²) in [5, 5.41) is 4.23. The van der Waals surface area contributed by atoms with Gasteiger partial charge in [-0.3, -0.25) is 4.79 Å². The maximum Gasteiger partial charge on any atom is 0.338 e. The molecule has 0 fully saturated rings. The Balaban J connectivity index is 1.57. The van der Waals surface area contributed by atoms with E-state index < -0.39 is 5.97 Å². The fraction of sp³-hybridized carbons (Fsp3) is 0.227. The summed E-state index contributed by atoms with van der Waals surface area (Å²) in [5.74, 6) is -0.739. The maximum absolute atomic E-state index is 12.4. The number of carbonyl (C=O) groups is 2. The van der Waals surface area contributed by atoms with Gasteiger partial charge in [0.2, 0.25) is 0 Å². The highest BCUT2D eigenvalue weighted by atomic mass is 16.5. The van der Waals surface area contributed by atoms with Crippen molar-refractivity contribution in [1.29, 1.82) is 0 Å². The molecule has 0 atom stereocenters. The lowest BCUT2D eigenvalue weighted by Crippen LogP contribution is -2.34. The number of esters is 1. The molecule has 6 nitrogen and oxygen atoms in total. The quantitative estimate of drug-likeness (QED) is 0.592. The highest BCUT2D eigenvalue weighted by Gasteiger charge is 2.16. The molecule has 1 amide bonds. The van der Waals surface area contributed by atoms with Crippen LogP contribution in [0.15, 0.2) is 66.9 Å². The van der Waals surface area contributed by atoms with E-state index in [-0.39, 0.29) is 12.5 Å². The summed E-state index contributed by atoms with van der Waals surface area (Å²) in [6.45, 7) is 4.61. The minimum absolute atomic E-state index is 0.219. The second-order valence-electron chi connectivity index (χ2n) is 6.40. The minimum atomic E-state index is -0.521. The van der Waals surface area contributed by atoms with E-state index in [9.17, 15) is 9.59 Å². The highest BCUT2D eigenvalue weighted by Crippen LogP contribution is 2.12. The van der Waals surface area contributed by atoms with E-state index in [1.165, 1.54) is 0 Å². The van der Waals surface area contributed by atoms with E-state index in [4.69, 9.17) is 4.74 Å². The SMILES string of the molecule is CCN(Cc1ccccc1)C(=O)COC(=O)c1ccc(-n2nccc2C)cc1. The number of aromatic nitrogens is 2. The Morgan fingerprint density at radius 2 is 1.75 bits per heavy atom. The van der Waals surface area contributed by atoms with Gasteiger partial charge in [-0.2, -0.15) is 5.10 Å². The van der Waals surface area contributed by atoms with Gasteiger partial charge in [0.15, 0.2) is 6.61 Å². The lowest BCUT2D eigenvalue weighted by Gasteiger charge is -2.20. The van der Waals surface area contributed by atoms with Crippen molar-refractivity contribution in [1.82, 2.24) is 14.7 Å². The van der Waals surface area contributed by atoms with Crippen LogP contribution in [0, 0.1) is 6.92 Å². The Labute approximate surface area is 164 Å². The van der Waals surface area contributed by atoms with Crippen LogP contribution in [0.25, 0.3) is 5.69 Å². The number of hydrogen-bond acceptors (Lipinski definition) is 4. The smallest absolute Gasteiger partial charge is 0.338 e. The second-order valence-corrected chi connectivity index (χ2v) is 6.40. The fourth-order valence-corrected chi connectivity index (χ4v) is 2.86. The third-order valence-electron chi connectivity index (χ3n) is 4.46. The highest BCUT2D eigenvalue weighted by molar-refractivity contribution is 5.91.